The fraction of sp³-hybridized carbons (Fsp3) is 0.310. The number of aryl methyl sites for hydroxylation is 1. The van der Waals surface area contributed by atoms with Crippen LogP contribution in [-0.4, -0.2) is 43.8 Å². The summed E-state index contributed by atoms with van der Waals surface area (Å²) in [5.41, 5.74) is 1.76. The summed E-state index contributed by atoms with van der Waals surface area (Å²) in [5.74, 6) is -0.807. The first-order valence-electron chi connectivity index (χ1n) is 12.5. The smallest absolute Gasteiger partial charge is 0.264 e. The van der Waals surface area contributed by atoms with Crippen molar-refractivity contribution < 1.29 is 18.0 Å². The number of halogens is 1. The van der Waals surface area contributed by atoms with Gasteiger partial charge in [-0.25, -0.2) is 8.42 Å². The standard InChI is InChI=1S/C29H34ClN3O4S/c1-5-22(3)31-29(35)23(4)32(19-24-12-8-6-9-13-24)28(34)20-33(27-17-16-25(30)18-21(27)2)38(36,37)26-14-10-7-11-15-26/h6-18,22-23H,5,19-20H2,1-4H3,(H,31,35)/t22-,23-/m1/s1. The third kappa shape index (κ3) is 7.14. The van der Waals surface area contributed by atoms with E-state index in [-0.39, 0.29) is 23.4 Å². The summed E-state index contributed by atoms with van der Waals surface area (Å²) >= 11 is 6.14. The largest absolute Gasteiger partial charge is 0.352 e. The van der Waals surface area contributed by atoms with Crippen molar-refractivity contribution in [2.24, 2.45) is 0 Å². The first kappa shape index (κ1) is 29.2. The van der Waals surface area contributed by atoms with Crippen LogP contribution in [-0.2, 0) is 26.2 Å². The van der Waals surface area contributed by atoms with Gasteiger partial charge in [-0.1, -0.05) is 67.1 Å². The SMILES string of the molecule is CC[C@@H](C)NC(=O)[C@@H](C)N(Cc1ccccc1)C(=O)CN(c1ccc(Cl)cc1C)S(=O)(=O)c1ccccc1. The number of carbonyl (C=O) groups is 2. The molecule has 0 aliphatic heterocycles. The van der Waals surface area contributed by atoms with Gasteiger partial charge in [0, 0.05) is 17.6 Å². The van der Waals surface area contributed by atoms with E-state index in [9.17, 15) is 18.0 Å². The summed E-state index contributed by atoms with van der Waals surface area (Å²) in [5, 5.41) is 3.38. The molecule has 0 spiro atoms. The minimum atomic E-state index is -4.12. The zero-order valence-electron chi connectivity index (χ0n) is 22.1. The van der Waals surface area contributed by atoms with Gasteiger partial charge in [-0.2, -0.15) is 0 Å². The number of hydrogen-bond donors (Lipinski definition) is 1. The van der Waals surface area contributed by atoms with Gasteiger partial charge < -0.3 is 10.2 Å². The molecule has 0 aliphatic carbocycles. The second-order valence-electron chi connectivity index (χ2n) is 9.26. The Kier molecular flexibility index (Phi) is 9.94. The van der Waals surface area contributed by atoms with Crippen LogP contribution in [0.15, 0.2) is 83.8 Å². The second-order valence-corrected chi connectivity index (χ2v) is 11.6. The van der Waals surface area contributed by atoms with E-state index in [0.717, 1.165) is 16.3 Å². The average molecular weight is 556 g/mol. The molecule has 3 aromatic rings. The molecule has 202 valence electrons. The summed E-state index contributed by atoms with van der Waals surface area (Å²) in [6, 6.07) is 21.2. The van der Waals surface area contributed by atoms with Gasteiger partial charge >= 0.3 is 0 Å². The van der Waals surface area contributed by atoms with E-state index in [0.29, 0.717) is 16.3 Å². The topological polar surface area (TPSA) is 86.8 Å². The number of benzene rings is 3. The van der Waals surface area contributed by atoms with Crippen LogP contribution in [0, 0.1) is 6.92 Å². The quantitative estimate of drug-likeness (QED) is 0.353. The average Bonchev–Trinajstić information content (AvgIpc) is 2.91. The zero-order chi connectivity index (χ0) is 27.9. The highest BCUT2D eigenvalue weighted by molar-refractivity contribution is 7.92. The van der Waals surface area contributed by atoms with Crippen molar-refractivity contribution in [3.63, 3.8) is 0 Å². The number of nitrogens with zero attached hydrogens (tertiary/aromatic N) is 2. The Morgan fingerprint density at radius 2 is 1.55 bits per heavy atom. The molecule has 3 aromatic carbocycles. The van der Waals surface area contributed by atoms with E-state index in [1.165, 1.54) is 17.0 Å². The van der Waals surface area contributed by atoms with E-state index in [2.05, 4.69) is 5.32 Å². The number of hydrogen-bond acceptors (Lipinski definition) is 4. The van der Waals surface area contributed by atoms with Crippen LogP contribution in [0.2, 0.25) is 5.02 Å². The number of carbonyl (C=O) groups excluding carboxylic acids is 2. The van der Waals surface area contributed by atoms with Crippen LogP contribution >= 0.6 is 11.6 Å². The van der Waals surface area contributed by atoms with Crippen molar-refractivity contribution in [3.05, 3.63) is 95.0 Å². The van der Waals surface area contributed by atoms with Crippen LogP contribution in [0.1, 0.15) is 38.3 Å². The third-order valence-corrected chi connectivity index (χ3v) is 8.41. The molecule has 3 rings (SSSR count). The lowest BCUT2D eigenvalue weighted by atomic mass is 10.1. The van der Waals surface area contributed by atoms with Crippen molar-refractivity contribution in [3.8, 4) is 0 Å². The molecule has 7 nitrogen and oxygen atoms in total. The molecule has 1 N–H and O–H groups in total. The van der Waals surface area contributed by atoms with Gasteiger partial charge in [0.05, 0.1) is 10.6 Å². The number of nitrogens with one attached hydrogen (secondary N) is 1. The van der Waals surface area contributed by atoms with Gasteiger partial charge in [0.1, 0.15) is 12.6 Å². The molecular weight excluding hydrogens is 522 g/mol. The Hall–Kier alpha value is -3.36. The first-order chi connectivity index (χ1) is 18.0. The molecule has 0 saturated heterocycles. The molecule has 0 aromatic heterocycles. The molecule has 2 atom stereocenters. The maximum atomic E-state index is 13.9. The van der Waals surface area contributed by atoms with E-state index >= 15 is 0 Å². The van der Waals surface area contributed by atoms with Crippen molar-refractivity contribution in [1.29, 1.82) is 0 Å². The lowest BCUT2D eigenvalue weighted by Gasteiger charge is -2.33. The van der Waals surface area contributed by atoms with Crippen LogP contribution in [0.3, 0.4) is 0 Å². The van der Waals surface area contributed by atoms with Gasteiger partial charge in [0.2, 0.25) is 11.8 Å². The Morgan fingerprint density at radius 1 is 0.947 bits per heavy atom. The first-order valence-corrected chi connectivity index (χ1v) is 14.3. The molecule has 0 unspecified atom stereocenters. The summed E-state index contributed by atoms with van der Waals surface area (Å²) in [4.78, 5) is 28.4. The van der Waals surface area contributed by atoms with E-state index in [1.54, 1.807) is 50.2 Å². The summed E-state index contributed by atoms with van der Waals surface area (Å²) in [6.45, 7) is 6.90. The van der Waals surface area contributed by atoms with Gasteiger partial charge in [-0.05, 0) is 68.7 Å². The molecule has 0 heterocycles. The van der Waals surface area contributed by atoms with Gasteiger partial charge in [-0.15, -0.1) is 0 Å². The Bertz CT molecular complexity index is 1350. The van der Waals surface area contributed by atoms with Crippen LogP contribution in [0.25, 0.3) is 0 Å². The molecule has 0 fully saturated rings. The Morgan fingerprint density at radius 3 is 2.13 bits per heavy atom. The fourth-order valence-electron chi connectivity index (χ4n) is 3.96. The van der Waals surface area contributed by atoms with E-state index < -0.39 is 28.5 Å². The number of amides is 2. The predicted octanol–water partition coefficient (Wildman–Crippen LogP) is 5.18. The zero-order valence-corrected chi connectivity index (χ0v) is 23.7. The van der Waals surface area contributed by atoms with Crippen molar-refractivity contribution in [2.75, 3.05) is 10.8 Å². The summed E-state index contributed by atoms with van der Waals surface area (Å²) < 4.78 is 28.7. The second kappa shape index (κ2) is 12.9. The normalized spacial score (nSPS) is 12.9. The van der Waals surface area contributed by atoms with Crippen LogP contribution < -0.4 is 9.62 Å². The maximum absolute atomic E-state index is 13.9. The summed E-state index contributed by atoms with van der Waals surface area (Å²) in [6.07, 6.45) is 0.740. The number of sulfonamides is 1. The molecule has 38 heavy (non-hydrogen) atoms. The Balaban J connectivity index is 2.03. The molecular formula is C29H34ClN3O4S. The fourth-order valence-corrected chi connectivity index (χ4v) is 5.69. The van der Waals surface area contributed by atoms with E-state index in [4.69, 9.17) is 11.6 Å². The van der Waals surface area contributed by atoms with Crippen molar-refractivity contribution in [1.82, 2.24) is 10.2 Å². The van der Waals surface area contributed by atoms with Gasteiger partial charge in [0.25, 0.3) is 10.0 Å². The third-order valence-electron chi connectivity index (χ3n) is 6.40. The monoisotopic (exact) mass is 555 g/mol. The highest BCUT2D eigenvalue weighted by atomic mass is 35.5. The van der Waals surface area contributed by atoms with E-state index in [1.807, 2.05) is 44.2 Å². The van der Waals surface area contributed by atoms with Gasteiger partial charge in [0.15, 0.2) is 0 Å². The minimum absolute atomic E-state index is 0.0549. The van der Waals surface area contributed by atoms with Gasteiger partial charge in [-0.3, -0.25) is 13.9 Å². The molecule has 0 saturated carbocycles. The minimum Gasteiger partial charge on any atom is -0.352 e. The van der Waals surface area contributed by atoms with Crippen LogP contribution in [0.5, 0.6) is 0 Å². The molecule has 0 bridgehead atoms. The highest BCUT2D eigenvalue weighted by Crippen LogP contribution is 2.29. The van der Waals surface area contributed by atoms with Crippen LogP contribution in [0.4, 0.5) is 5.69 Å². The Labute approximate surface area is 230 Å². The van der Waals surface area contributed by atoms with Crippen molar-refractivity contribution in [2.45, 2.75) is 57.6 Å². The summed E-state index contributed by atoms with van der Waals surface area (Å²) in [7, 11) is -4.12. The molecule has 0 radical (unpaired) electrons. The number of rotatable bonds is 11. The maximum Gasteiger partial charge on any atom is 0.264 e. The highest BCUT2D eigenvalue weighted by Gasteiger charge is 2.33. The number of anilines is 1. The predicted molar refractivity (Wildman–Crippen MR) is 152 cm³/mol. The lowest BCUT2D eigenvalue weighted by molar-refractivity contribution is -0.139. The van der Waals surface area contributed by atoms with Crippen molar-refractivity contribution >= 4 is 39.1 Å². The molecule has 9 heteroatoms. The molecule has 0 aliphatic rings. The molecule has 2 amide bonds. The lowest BCUT2D eigenvalue weighted by Crippen LogP contribution is -2.52.